The first-order valence-electron chi connectivity index (χ1n) is 8.58. The van der Waals surface area contributed by atoms with Gasteiger partial charge in [0.05, 0.1) is 24.5 Å². The predicted molar refractivity (Wildman–Crippen MR) is 89.2 cm³/mol. The van der Waals surface area contributed by atoms with Crippen LogP contribution in [0.2, 0.25) is 0 Å². The Morgan fingerprint density at radius 2 is 2.00 bits per heavy atom. The molecule has 0 aliphatic carbocycles. The third kappa shape index (κ3) is 2.30. The average molecular weight is 332 g/mol. The third-order valence-electron chi connectivity index (χ3n) is 5.60. The van der Waals surface area contributed by atoms with E-state index in [1.165, 1.54) is 0 Å². The van der Waals surface area contributed by atoms with Gasteiger partial charge < -0.3 is 19.8 Å². The van der Waals surface area contributed by atoms with Gasteiger partial charge in [0.1, 0.15) is 11.9 Å². The number of anilines is 1. The highest BCUT2D eigenvalue weighted by molar-refractivity contribution is 5.56. The molecule has 2 saturated heterocycles. The van der Waals surface area contributed by atoms with Crippen LogP contribution in [0.25, 0.3) is 5.65 Å². The van der Waals surface area contributed by atoms with Crippen LogP contribution in [0.1, 0.15) is 30.5 Å². The van der Waals surface area contributed by atoms with E-state index < -0.39 is 17.8 Å². The molecule has 2 aromatic heterocycles. The molecule has 2 atom stereocenters. The summed E-state index contributed by atoms with van der Waals surface area (Å²) < 4.78 is 7.81. The summed E-state index contributed by atoms with van der Waals surface area (Å²) in [6.07, 6.45) is 2.15. The number of hydrogen-bond acceptors (Lipinski definition) is 6. The molecule has 0 bridgehead atoms. The standard InChI is InChI=1S/C17H24N4O3/c1-11-12(2)19-14-3-7-18-21(14)16(11)20-8-5-17(6-9-20)15(23)13(22)4-10-24-17/h3,7,13,15,22-23H,4-6,8-10H2,1-2H3/t13-,15-/m0/s1. The molecule has 4 heterocycles. The van der Waals surface area contributed by atoms with E-state index in [0.29, 0.717) is 25.9 Å². The molecule has 7 nitrogen and oxygen atoms in total. The van der Waals surface area contributed by atoms with Crippen LogP contribution in [0, 0.1) is 13.8 Å². The van der Waals surface area contributed by atoms with Crippen LogP contribution in [0.5, 0.6) is 0 Å². The maximum Gasteiger partial charge on any atom is 0.157 e. The van der Waals surface area contributed by atoms with E-state index >= 15 is 0 Å². The minimum Gasteiger partial charge on any atom is -0.390 e. The third-order valence-corrected chi connectivity index (χ3v) is 5.60. The first-order valence-corrected chi connectivity index (χ1v) is 8.58. The van der Waals surface area contributed by atoms with Gasteiger partial charge in [0.25, 0.3) is 0 Å². The topological polar surface area (TPSA) is 83.1 Å². The first-order chi connectivity index (χ1) is 11.5. The number of aliphatic hydroxyl groups is 2. The van der Waals surface area contributed by atoms with Gasteiger partial charge in [-0.1, -0.05) is 0 Å². The van der Waals surface area contributed by atoms with Crippen molar-refractivity contribution in [2.75, 3.05) is 24.6 Å². The fraction of sp³-hybridized carbons (Fsp3) is 0.647. The lowest BCUT2D eigenvalue weighted by Crippen LogP contribution is -2.60. The van der Waals surface area contributed by atoms with Crippen molar-refractivity contribution in [3.8, 4) is 0 Å². The summed E-state index contributed by atoms with van der Waals surface area (Å²) in [4.78, 5) is 6.86. The minimum absolute atomic E-state index is 0.503. The van der Waals surface area contributed by atoms with Crippen molar-refractivity contribution in [2.45, 2.75) is 50.9 Å². The molecule has 4 rings (SSSR count). The number of fused-ring (bicyclic) bond motifs is 1. The van der Waals surface area contributed by atoms with Gasteiger partial charge in [-0.25, -0.2) is 4.98 Å². The molecule has 0 unspecified atom stereocenters. The largest absolute Gasteiger partial charge is 0.390 e. The molecule has 2 aliphatic heterocycles. The van der Waals surface area contributed by atoms with Crippen LogP contribution < -0.4 is 4.90 Å². The van der Waals surface area contributed by atoms with Gasteiger partial charge in [0, 0.05) is 30.4 Å². The Hall–Kier alpha value is -1.70. The molecule has 0 radical (unpaired) electrons. The number of ether oxygens (including phenoxy) is 1. The Labute approximate surface area is 140 Å². The van der Waals surface area contributed by atoms with Gasteiger partial charge in [-0.2, -0.15) is 9.61 Å². The van der Waals surface area contributed by atoms with Crippen molar-refractivity contribution >= 4 is 11.5 Å². The number of rotatable bonds is 1. The summed E-state index contributed by atoms with van der Waals surface area (Å²) in [5.74, 6) is 1.06. The summed E-state index contributed by atoms with van der Waals surface area (Å²) in [5, 5.41) is 24.9. The maximum absolute atomic E-state index is 10.4. The predicted octanol–water partition coefficient (Wildman–Crippen LogP) is 0.827. The summed E-state index contributed by atoms with van der Waals surface area (Å²) in [6.45, 7) is 6.10. The molecule has 0 amide bonds. The molecule has 2 aromatic rings. The SMILES string of the molecule is Cc1nc2ccnn2c(N2CCC3(CC2)OCC[C@H](O)[C@@H]3O)c1C. The summed E-state index contributed by atoms with van der Waals surface area (Å²) >= 11 is 0. The quantitative estimate of drug-likeness (QED) is 0.805. The molecule has 2 fully saturated rings. The van der Waals surface area contributed by atoms with Crippen molar-refractivity contribution in [3.63, 3.8) is 0 Å². The number of aliphatic hydroxyl groups excluding tert-OH is 2. The van der Waals surface area contributed by atoms with Gasteiger partial charge in [0.2, 0.25) is 0 Å². The molecule has 2 aliphatic rings. The number of aromatic nitrogens is 3. The highest BCUT2D eigenvalue weighted by Gasteiger charge is 2.47. The Bertz CT molecular complexity index is 752. The normalized spacial score (nSPS) is 27.1. The second-order valence-electron chi connectivity index (χ2n) is 6.95. The molecule has 2 N–H and O–H groups in total. The highest BCUT2D eigenvalue weighted by atomic mass is 16.5. The van der Waals surface area contributed by atoms with Crippen LogP contribution in [0.15, 0.2) is 12.3 Å². The van der Waals surface area contributed by atoms with E-state index in [1.54, 1.807) is 6.20 Å². The molecule has 1 spiro atoms. The van der Waals surface area contributed by atoms with Gasteiger partial charge in [-0.05, 0) is 33.1 Å². The molecule has 7 heteroatoms. The fourth-order valence-electron chi connectivity index (χ4n) is 4.01. The maximum atomic E-state index is 10.4. The van der Waals surface area contributed by atoms with Crippen molar-refractivity contribution < 1.29 is 14.9 Å². The van der Waals surface area contributed by atoms with E-state index in [9.17, 15) is 10.2 Å². The van der Waals surface area contributed by atoms with Crippen LogP contribution in [-0.4, -0.2) is 62.3 Å². The van der Waals surface area contributed by atoms with Crippen LogP contribution in [0.4, 0.5) is 5.82 Å². The number of hydrogen-bond donors (Lipinski definition) is 2. The van der Waals surface area contributed by atoms with Gasteiger partial charge in [0.15, 0.2) is 5.65 Å². The lowest BCUT2D eigenvalue weighted by atomic mass is 9.80. The number of aryl methyl sites for hydroxylation is 1. The Kier molecular flexibility index (Phi) is 3.74. The molecule has 130 valence electrons. The second-order valence-corrected chi connectivity index (χ2v) is 6.95. The minimum atomic E-state index is -0.807. The fourth-order valence-corrected chi connectivity index (χ4v) is 4.01. The van der Waals surface area contributed by atoms with Gasteiger partial charge in [-0.3, -0.25) is 0 Å². The molecular weight excluding hydrogens is 308 g/mol. The second kappa shape index (κ2) is 5.68. The zero-order valence-electron chi connectivity index (χ0n) is 14.1. The zero-order valence-corrected chi connectivity index (χ0v) is 14.1. The van der Waals surface area contributed by atoms with Crippen molar-refractivity contribution in [2.24, 2.45) is 0 Å². The lowest BCUT2D eigenvalue weighted by Gasteiger charge is -2.48. The Balaban J connectivity index is 1.63. The van der Waals surface area contributed by atoms with E-state index in [0.717, 1.165) is 35.8 Å². The lowest BCUT2D eigenvalue weighted by molar-refractivity contribution is -0.205. The van der Waals surface area contributed by atoms with Gasteiger partial charge >= 0.3 is 0 Å². The van der Waals surface area contributed by atoms with Crippen LogP contribution in [0.3, 0.4) is 0 Å². The summed E-state index contributed by atoms with van der Waals surface area (Å²) in [6, 6.07) is 1.91. The number of piperidine rings is 1. The molecule has 0 saturated carbocycles. The number of nitrogens with zero attached hydrogens (tertiary/aromatic N) is 4. The van der Waals surface area contributed by atoms with Crippen LogP contribution >= 0.6 is 0 Å². The van der Waals surface area contributed by atoms with E-state index in [-0.39, 0.29) is 0 Å². The first kappa shape index (κ1) is 15.8. The summed E-state index contributed by atoms with van der Waals surface area (Å²) in [5.41, 5.74) is 2.35. The smallest absolute Gasteiger partial charge is 0.157 e. The average Bonchev–Trinajstić information content (AvgIpc) is 3.03. The van der Waals surface area contributed by atoms with E-state index in [4.69, 9.17) is 4.74 Å². The Morgan fingerprint density at radius 1 is 1.25 bits per heavy atom. The molecular formula is C17H24N4O3. The zero-order chi connectivity index (χ0) is 16.9. The van der Waals surface area contributed by atoms with Gasteiger partial charge in [-0.15, -0.1) is 0 Å². The van der Waals surface area contributed by atoms with Crippen molar-refractivity contribution in [3.05, 3.63) is 23.5 Å². The molecule has 24 heavy (non-hydrogen) atoms. The van der Waals surface area contributed by atoms with Crippen LogP contribution in [-0.2, 0) is 4.74 Å². The summed E-state index contributed by atoms with van der Waals surface area (Å²) in [7, 11) is 0. The van der Waals surface area contributed by atoms with Crippen molar-refractivity contribution in [1.82, 2.24) is 14.6 Å². The molecule has 0 aromatic carbocycles. The highest BCUT2D eigenvalue weighted by Crippen LogP contribution is 2.37. The van der Waals surface area contributed by atoms with E-state index in [2.05, 4.69) is 21.9 Å². The monoisotopic (exact) mass is 332 g/mol. The Morgan fingerprint density at radius 3 is 2.75 bits per heavy atom. The van der Waals surface area contributed by atoms with Crippen molar-refractivity contribution in [1.29, 1.82) is 0 Å². The van der Waals surface area contributed by atoms with E-state index in [1.807, 2.05) is 17.5 Å².